The second kappa shape index (κ2) is 5.44. The van der Waals surface area contributed by atoms with Crippen LogP contribution in [0.5, 0.6) is 0 Å². The Kier molecular flexibility index (Phi) is 3.28. The van der Waals surface area contributed by atoms with E-state index in [9.17, 15) is 0 Å². The molecule has 0 aliphatic heterocycles. The van der Waals surface area contributed by atoms with Gasteiger partial charge >= 0.3 is 0 Å². The van der Waals surface area contributed by atoms with Crippen LogP contribution in [0.3, 0.4) is 0 Å². The van der Waals surface area contributed by atoms with E-state index >= 15 is 0 Å². The zero-order valence-corrected chi connectivity index (χ0v) is 13.1. The van der Waals surface area contributed by atoms with E-state index < -0.39 is 0 Å². The van der Waals surface area contributed by atoms with Crippen molar-refractivity contribution in [2.45, 2.75) is 6.92 Å². The molecule has 0 spiro atoms. The van der Waals surface area contributed by atoms with Gasteiger partial charge in [0, 0.05) is 24.2 Å². The summed E-state index contributed by atoms with van der Waals surface area (Å²) in [5.41, 5.74) is 3.48. The minimum absolute atomic E-state index is 0.598. The molecule has 0 saturated heterocycles. The van der Waals surface area contributed by atoms with Crippen LogP contribution in [0, 0.1) is 6.92 Å². The summed E-state index contributed by atoms with van der Waals surface area (Å²) in [5, 5.41) is 0.598. The van der Waals surface area contributed by atoms with E-state index in [0.29, 0.717) is 5.02 Å². The van der Waals surface area contributed by atoms with Crippen LogP contribution in [0.4, 0.5) is 0 Å². The van der Waals surface area contributed by atoms with Crippen LogP contribution < -0.4 is 0 Å². The highest BCUT2D eigenvalue weighted by Gasteiger charge is 2.13. The van der Waals surface area contributed by atoms with Gasteiger partial charge in [0.15, 0.2) is 5.65 Å². The molecule has 112 valence electrons. The third-order valence-electron chi connectivity index (χ3n) is 3.59. The van der Waals surface area contributed by atoms with Gasteiger partial charge in [-0.2, -0.15) is 0 Å². The zero-order chi connectivity index (χ0) is 15.8. The maximum atomic E-state index is 5.93. The Morgan fingerprint density at radius 1 is 0.957 bits per heavy atom. The number of pyridine rings is 3. The minimum atomic E-state index is 0.598. The first-order valence-corrected chi connectivity index (χ1v) is 7.48. The third kappa shape index (κ3) is 2.45. The Labute approximate surface area is 137 Å². The van der Waals surface area contributed by atoms with E-state index in [1.165, 1.54) is 0 Å². The van der Waals surface area contributed by atoms with Crippen molar-refractivity contribution in [2.75, 3.05) is 0 Å². The van der Waals surface area contributed by atoms with Gasteiger partial charge in [0.1, 0.15) is 17.2 Å². The van der Waals surface area contributed by atoms with Gasteiger partial charge in [-0.05, 0) is 43.3 Å². The highest BCUT2D eigenvalue weighted by atomic mass is 35.5. The van der Waals surface area contributed by atoms with E-state index in [4.69, 9.17) is 16.6 Å². The van der Waals surface area contributed by atoms with Crippen molar-refractivity contribution in [2.24, 2.45) is 0 Å². The van der Waals surface area contributed by atoms with Crippen LogP contribution in [0.25, 0.3) is 28.2 Å². The fraction of sp³-hybridized carbons (Fsp3) is 0.0588. The Hall–Kier alpha value is -2.79. The van der Waals surface area contributed by atoms with Crippen molar-refractivity contribution in [3.8, 4) is 17.1 Å². The summed E-state index contributed by atoms with van der Waals surface area (Å²) in [6.07, 6.45) is 5.13. The molecule has 0 bridgehead atoms. The summed E-state index contributed by atoms with van der Waals surface area (Å²) >= 11 is 5.93. The maximum Gasteiger partial charge on any atom is 0.166 e. The molecule has 0 aromatic carbocycles. The van der Waals surface area contributed by atoms with Crippen LogP contribution in [-0.2, 0) is 0 Å². The number of rotatable bonds is 2. The first-order valence-electron chi connectivity index (χ1n) is 7.11. The van der Waals surface area contributed by atoms with Gasteiger partial charge in [-0.15, -0.1) is 0 Å². The molecule has 0 unspecified atom stereocenters. The lowest BCUT2D eigenvalue weighted by atomic mass is 10.2. The van der Waals surface area contributed by atoms with E-state index in [0.717, 1.165) is 34.1 Å². The predicted octanol–water partition coefficient (Wildman–Crippen LogP) is 3.84. The molecule has 0 fully saturated rings. The normalized spacial score (nSPS) is 11.0. The Morgan fingerprint density at radius 2 is 1.78 bits per heavy atom. The van der Waals surface area contributed by atoms with Crippen molar-refractivity contribution >= 4 is 22.8 Å². The van der Waals surface area contributed by atoms with Crippen LogP contribution in [0.2, 0.25) is 5.02 Å². The molecule has 0 saturated carbocycles. The molecular formula is C17H12ClN5. The Bertz CT molecular complexity index is 977. The number of aromatic nitrogens is 5. The summed E-state index contributed by atoms with van der Waals surface area (Å²) in [6.45, 7) is 1.93. The highest BCUT2D eigenvalue weighted by Crippen LogP contribution is 2.23. The number of hydrogen-bond donors (Lipinski definition) is 0. The summed E-state index contributed by atoms with van der Waals surface area (Å²) < 4.78 is 1.93. The summed E-state index contributed by atoms with van der Waals surface area (Å²) in [7, 11) is 0. The van der Waals surface area contributed by atoms with Gasteiger partial charge < -0.3 is 0 Å². The number of halogens is 1. The van der Waals surface area contributed by atoms with E-state index in [1.54, 1.807) is 18.6 Å². The van der Waals surface area contributed by atoms with Crippen molar-refractivity contribution in [1.82, 2.24) is 24.5 Å². The van der Waals surface area contributed by atoms with Crippen LogP contribution in [-0.4, -0.2) is 24.5 Å². The van der Waals surface area contributed by atoms with Crippen molar-refractivity contribution in [3.63, 3.8) is 0 Å². The van der Waals surface area contributed by atoms with Crippen molar-refractivity contribution < 1.29 is 0 Å². The van der Waals surface area contributed by atoms with Crippen LogP contribution in [0.15, 0.2) is 55.0 Å². The van der Waals surface area contributed by atoms with Gasteiger partial charge in [0.25, 0.3) is 0 Å². The van der Waals surface area contributed by atoms with Gasteiger partial charge in [0.2, 0.25) is 0 Å². The van der Waals surface area contributed by atoms with Gasteiger partial charge in [0.05, 0.1) is 10.7 Å². The van der Waals surface area contributed by atoms with Crippen LogP contribution in [0.1, 0.15) is 5.82 Å². The van der Waals surface area contributed by atoms with Crippen molar-refractivity contribution in [1.29, 1.82) is 0 Å². The standard InChI is InChI=1S/C17H12ClN5/c1-11-21-15-4-3-14(12-6-8-19-9-7-12)22-17(15)23(11)16-5-2-13(18)10-20-16/h2-10H,1H3. The summed E-state index contributed by atoms with van der Waals surface area (Å²) in [5.74, 6) is 1.57. The predicted molar refractivity (Wildman–Crippen MR) is 89.6 cm³/mol. The molecule has 0 radical (unpaired) electrons. The van der Waals surface area contributed by atoms with Crippen LogP contribution >= 0.6 is 11.6 Å². The number of imidazole rings is 1. The molecule has 0 atom stereocenters. The smallest absolute Gasteiger partial charge is 0.166 e. The molecule has 4 rings (SSSR count). The highest BCUT2D eigenvalue weighted by molar-refractivity contribution is 6.30. The molecule has 0 aliphatic rings. The minimum Gasteiger partial charge on any atom is -0.265 e. The third-order valence-corrected chi connectivity index (χ3v) is 3.81. The fourth-order valence-electron chi connectivity index (χ4n) is 2.53. The number of fused-ring (bicyclic) bond motifs is 1. The first-order chi connectivity index (χ1) is 11.2. The first kappa shape index (κ1) is 13.8. The van der Waals surface area contributed by atoms with Crippen molar-refractivity contribution in [3.05, 3.63) is 65.8 Å². The number of nitrogens with zero attached hydrogens (tertiary/aromatic N) is 5. The number of aryl methyl sites for hydroxylation is 1. The lowest BCUT2D eigenvalue weighted by Gasteiger charge is -2.06. The molecule has 4 heterocycles. The summed E-state index contributed by atoms with van der Waals surface area (Å²) in [4.78, 5) is 17.7. The van der Waals surface area contributed by atoms with Gasteiger partial charge in [-0.25, -0.2) is 15.0 Å². The average molecular weight is 322 g/mol. The number of hydrogen-bond acceptors (Lipinski definition) is 4. The molecule has 4 aromatic heterocycles. The van der Waals surface area contributed by atoms with Gasteiger partial charge in [-0.1, -0.05) is 11.6 Å². The van der Waals surface area contributed by atoms with E-state index in [-0.39, 0.29) is 0 Å². The molecule has 4 aromatic rings. The molecule has 0 amide bonds. The Balaban J connectivity index is 1.94. The van der Waals surface area contributed by atoms with E-state index in [2.05, 4.69) is 15.0 Å². The average Bonchev–Trinajstić information content (AvgIpc) is 2.91. The lowest BCUT2D eigenvalue weighted by molar-refractivity contribution is 0.946. The summed E-state index contributed by atoms with van der Waals surface area (Å²) in [6, 6.07) is 11.5. The molecular weight excluding hydrogens is 310 g/mol. The lowest BCUT2D eigenvalue weighted by Crippen LogP contribution is -2.01. The fourth-order valence-corrected chi connectivity index (χ4v) is 2.64. The maximum absolute atomic E-state index is 5.93. The zero-order valence-electron chi connectivity index (χ0n) is 12.3. The second-order valence-electron chi connectivity index (χ2n) is 5.10. The largest absolute Gasteiger partial charge is 0.265 e. The second-order valence-corrected chi connectivity index (χ2v) is 5.54. The SMILES string of the molecule is Cc1nc2ccc(-c3ccncc3)nc2n1-c1ccc(Cl)cn1. The molecule has 6 heteroatoms. The molecule has 0 aliphatic carbocycles. The molecule has 0 N–H and O–H groups in total. The quantitative estimate of drug-likeness (QED) is 0.563. The topological polar surface area (TPSA) is 56.5 Å². The van der Waals surface area contributed by atoms with Gasteiger partial charge in [-0.3, -0.25) is 9.55 Å². The van der Waals surface area contributed by atoms with E-state index in [1.807, 2.05) is 47.9 Å². The molecule has 23 heavy (non-hydrogen) atoms. The Morgan fingerprint density at radius 3 is 2.52 bits per heavy atom. The monoisotopic (exact) mass is 321 g/mol. The molecule has 5 nitrogen and oxygen atoms in total.